The van der Waals surface area contributed by atoms with Gasteiger partial charge in [-0.3, -0.25) is 0 Å². The third-order valence-electron chi connectivity index (χ3n) is 0.387. The molecule has 0 rings (SSSR count). The molecule has 0 unspecified atom stereocenters. The molecule has 0 bridgehead atoms. The second-order valence-corrected chi connectivity index (χ2v) is 1.15. The van der Waals surface area contributed by atoms with E-state index in [1.165, 1.54) is 0 Å². The number of aliphatic hydroxyl groups excluding tert-OH is 1. The van der Waals surface area contributed by atoms with Crippen molar-refractivity contribution in [3.05, 3.63) is 0 Å². The zero-order valence-electron chi connectivity index (χ0n) is 4.11. The van der Waals surface area contributed by atoms with Gasteiger partial charge in [0.05, 0.1) is 13.2 Å². The van der Waals surface area contributed by atoms with Gasteiger partial charge in [0.1, 0.15) is 0 Å². The molecule has 0 aliphatic heterocycles. The van der Waals surface area contributed by atoms with Crippen LogP contribution in [0.2, 0.25) is 0 Å². The van der Waals surface area contributed by atoms with E-state index in [-0.39, 0.29) is 13.2 Å². The summed E-state index contributed by atoms with van der Waals surface area (Å²) in [6.45, 7) is -0.688. The maximum Gasteiger partial charge on any atom is 0.405 e. The van der Waals surface area contributed by atoms with Crippen molar-refractivity contribution in [1.82, 2.24) is 0 Å². The SMILES string of the molecule is OCCOC(O)(O)O. The normalized spacial score (nSPS) is 12.0. The first kappa shape index (κ1) is 7.80. The molecular weight excluding hydrogens is 116 g/mol. The summed E-state index contributed by atoms with van der Waals surface area (Å²) in [5.41, 5.74) is 0. The molecule has 5 heteroatoms. The van der Waals surface area contributed by atoms with Crippen molar-refractivity contribution in [3.8, 4) is 0 Å². The molecule has 8 heavy (non-hydrogen) atoms. The van der Waals surface area contributed by atoms with E-state index in [0.717, 1.165) is 0 Å². The van der Waals surface area contributed by atoms with Crippen molar-refractivity contribution < 1.29 is 25.2 Å². The van der Waals surface area contributed by atoms with Crippen molar-refractivity contribution in [3.63, 3.8) is 0 Å². The molecule has 4 N–H and O–H groups in total. The van der Waals surface area contributed by atoms with E-state index >= 15 is 0 Å². The van der Waals surface area contributed by atoms with Crippen LogP contribution in [0.3, 0.4) is 0 Å². The molecule has 0 aliphatic carbocycles. The van der Waals surface area contributed by atoms with Crippen LogP contribution in [-0.4, -0.2) is 39.8 Å². The highest BCUT2D eigenvalue weighted by Gasteiger charge is 2.17. The third-order valence-corrected chi connectivity index (χ3v) is 0.387. The van der Waals surface area contributed by atoms with Crippen molar-refractivity contribution >= 4 is 0 Å². The topological polar surface area (TPSA) is 90.2 Å². The maximum atomic E-state index is 7.97. The molecule has 5 nitrogen and oxygen atoms in total. The fourth-order valence-electron chi connectivity index (χ4n) is 0.183. The monoisotopic (exact) mass is 124 g/mol. The van der Waals surface area contributed by atoms with Crippen molar-refractivity contribution in [1.29, 1.82) is 0 Å². The molecule has 0 atom stereocenters. The number of aliphatic hydroxyl groups is 4. The molecule has 0 aromatic rings. The zero-order chi connectivity index (χ0) is 6.62. The summed E-state index contributed by atoms with van der Waals surface area (Å²) in [5, 5.41) is 31.8. The molecule has 0 radical (unpaired) electrons. The fourth-order valence-corrected chi connectivity index (χ4v) is 0.183. The Kier molecular flexibility index (Phi) is 2.88. The molecule has 0 amide bonds. The Balaban J connectivity index is 3.11. The Morgan fingerprint density at radius 3 is 1.88 bits per heavy atom. The molecule has 0 saturated heterocycles. The lowest BCUT2D eigenvalue weighted by molar-refractivity contribution is -0.455. The molecule has 0 spiro atoms. The van der Waals surface area contributed by atoms with Crippen LogP contribution in [0.15, 0.2) is 0 Å². The first-order chi connectivity index (χ1) is 3.56. The van der Waals surface area contributed by atoms with Crippen LogP contribution in [0.1, 0.15) is 0 Å². The average molecular weight is 124 g/mol. The van der Waals surface area contributed by atoms with Crippen molar-refractivity contribution in [2.75, 3.05) is 13.2 Å². The molecule has 0 heterocycles. The van der Waals surface area contributed by atoms with Gasteiger partial charge in [0.15, 0.2) is 0 Å². The first-order valence-corrected chi connectivity index (χ1v) is 1.98. The van der Waals surface area contributed by atoms with Gasteiger partial charge in [-0.25, -0.2) is 0 Å². The van der Waals surface area contributed by atoms with Crippen LogP contribution in [-0.2, 0) is 4.74 Å². The van der Waals surface area contributed by atoms with Crippen LogP contribution in [0, 0.1) is 0 Å². The van der Waals surface area contributed by atoms with E-state index in [1.54, 1.807) is 0 Å². The second kappa shape index (κ2) is 2.95. The van der Waals surface area contributed by atoms with Crippen LogP contribution in [0.4, 0.5) is 0 Å². The van der Waals surface area contributed by atoms with Gasteiger partial charge in [0.2, 0.25) is 0 Å². The van der Waals surface area contributed by atoms with Gasteiger partial charge in [-0.15, -0.1) is 0 Å². The average Bonchev–Trinajstić information content (AvgIpc) is 1.59. The van der Waals surface area contributed by atoms with E-state index in [1.807, 2.05) is 0 Å². The van der Waals surface area contributed by atoms with E-state index in [0.29, 0.717) is 0 Å². The third kappa shape index (κ3) is 5.80. The Labute approximate surface area is 45.8 Å². The second-order valence-electron chi connectivity index (χ2n) is 1.15. The lowest BCUT2D eigenvalue weighted by atomic mass is 10.8. The van der Waals surface area contributed by atoms with Crippen LogP contribution < -0.4 is 0 Å². The lowest BCUT2D eigenvalue weighted by Crippen LogP contribution is -2.32. The zero-order valence-corrected chi connectivity index (χ0v) is 4.11. The maximum absolute atomic E-state index is 7.97. The summed E-state index contributed by atoms with van der Waals surface area (Å²) in [7, 11) is 0. The van der Waals surface area contributed by atoms with Gasteiger partial charge in [0.25, 0.3) is 0 Å². The van der Waals surface area contributed by atoms with Gasteiger partial charge >= 0.3 is 6.16 Å². The molecular formula is C3H8O5. The number of hydrogen-bond acceptors (Lipinski definition) is 5. The number of ether oxygens (including phenoxy) is 1. The first-order valence-electron chi connectivity index (χ1n) is 1.98. The van der Waals surface area contributed by atoms with E-state index in [9.17, 15) is 0 Å². The predicted molar refractivity (Wildman–Crippen MR) is 22.4 cm³/mol. The quantitative estimate of drug-likeness (QED) is 0.314. The van der Waals surface area contributed by atoms with Crippen LogP contribution in [0.5, 0.6) is 0 Å². The number of hydrogen-bond donors (Lipinski definition) is 4. The molecule has 0 aliphatic rings. The predicted octanol–water partition coefficient (Wildman–Crippen LogP) is -2.42. The smallest absolute Gasteiger partial charge is 0.394 e. The van der Waals surface area contributed by atoms with E-state index < -0.39 is 6.16 Å². The molecule has 0 fully saturated rings. The standard InChI is InChI=1S/C3H8O5/c4-1-2-8-3(5,6)7/h4-7H,1-2H2. The van der Waals surface area contributed by atoms with Gasteiger partial charge in [-0.05, 0) is 0 Å². The van der Waals surface area contributed by atoms with Crippen molar-refractivity contribution in [2.45, 2.75) is 6.16 Å². The van der Waals surface area contributed by atoms with E-state index in [4.69, 9.17) is 20.4 Å². The summed E-state index contributed by atoms with van der Waals surface area (Å²) >= 11 is 0. The van der Waals surface area contributed by atoms with Gasteiger partial charge in [-0.2, -0.15) is 0 Å². The summed E-state index contributed by atoms with van der Waals surface area (Å²) < 4.78 is 3.80. The minimum absolute atomic E-state index is 0.316. The highest BCUT2D eigenvalue weighted by atomic mass is 16.9. The van der Waals surface area contributed by atoms with Crippen LogP contribution in [0.25, 0.3) is 0 Å². The summed E-state index contributed by atoms with van der Waals surface area (Å²) in [6.07, 6.45) is -3.11. The largest absolute Gasteiger partial charge is 0.405 e. The number of rotatable bonds is 3. The summed E-state index contributed by atoms with van der Waals surface area (Å²) in [4.78, 5) is 0. The molecule has 0 aromatic heterocycles. The van der Waals surface area contributed by atoms with Gasteiger partial charge in [0, 0.05) is 0 Å². The van der Waals surface area contributed by atoms with Gasteiger partial charge in [-0.1, -0.05) is 0 Å². The highest BCUT2D eigenvalue weighted by Crippen LogP contribution is 1.92. The van der Waals surface area contributed by atoms with Crippen molar-refractivity contribution in [2.24, 2.45) is 0 Å². The minimum atomic E-state index is -3.11. The molecule has 50 valence electrons. The molecule has 0 saturated carbocycles. The van der Waals surface area contributed by atoms with Crippen LogP contribution >= 0.6 is 0 Å². The minimum Gasteiger partial charge on any atom is -0.394 e. The Bertz CT molecular complexity index is 55.2. The Morgan fingerprint density at radius 2 is 1.75 bits per heavy atom. The highest BCUT2D eigenvalue weighted by molar-refractivity contribution is 4.24. The fraction of sp³-hybridized carbons (Fsp3) is 1.00. The summed E-state index contributed by atoms with van der Waals surface area (Å²) in [6, 6.07) is 0. The Hall–Kier alpha value is -0.200. The lowest BCUT2D eigenvalue weighted by Gasteiger charge is -2.11. The summed E-state index contributed by atoms with van der Waals surface area (Å²) in [5.74, 6) is 0. The molecule has 0 aromatic carbocycles. The van der Waals surface area contributed by atoms with E-state index in [2.05, 4.69) is 4.74 Å². The Morgan fingerprint density at radius 1 is 1.25 bits per heavy atom. The van der Waals surface area contributed by atoms with Gasteiger partial charge < -0.3 is 25.2 Å².